The molecule has 0 aromatic heterocycles. The van der Waals surface area contributed by atoms with Gasteiger partial charge in [-0.3, -0.25) is 0 Å². The van der Waals surface area contributed by atoms with Crippen LogP contribution in [0.2, 0.25) is 0 Å². The van der Waals surface area contributed by atoms with Crippen LogP contribution < -0.4 is 21.9 Å². The van der Waals surface area contributed by atoms with Crippen LogP contribution in [0.3, 0.4) is 0 Å². The molecule has 0 unspecified atom stereocenters. The van der Waals surface area contributed by atoms with E-state index in [1.54, 1.807) is 0 Å². The largest absolute Gasteiger partial charge is 0.204 e. The van der Waals surface area contributed by atoms with Crippen molar-refractivity contribution >= 4 is 72.1 Å². The quantitative estimate of drug-likeness (QED) is 0.110. The number of hydrogen-bond acceptors (Lipinski definition) is 0. The van der Waals surface area contributed by atoms with Gasteiger partial charge >= 0.3 is 0 Å². The van der Waals surface area contributed by atoms with Crippen molar-refractivity contribution in [1.82, 2.24) is 0 Å². The Morgan fingerprint density at radius 2 is 0.224 bits per heavy atom. The van der Waals surface area contributed by atoms with Crippen molar-refractivity contribution in [3.63, 3.8) is 0 Å². The molecular weight excluding hydrogens is 718 g/mol. The smallest absolute Gasteiger partial charge is 0.200 e. The summed E-state index contributed by atoms with van der Waals surface area (Å²) in [5.41, 5.74) is -5.48. The second-order valence-corrected chi connectivity index (χ2v) is 7.93. The van der Waals surface area contributed by atoms with Crippen LogP contribution in [0.4, 0.5) is 87.8 Å². The molecule has 9 radical (unpaired) electrons. The minimum Gasteiger partial charge on any atom is -0.204 e. The van der Waals surface area contributed by atoms with Gasteiger partial charge in [-0.2, -0.15) is 0 Å². The van der Waals surface area contributed by atoms with E-state index in [0.29, 0.717) is 0 Å². The number of hydrogen-bond donors (Lipinski definition) is 0. The summed E-state index contributed by atoms with van der Waals surface area (Å²) in [7, 11) is 18.2. The first-order valence-electron chi connectivity index (χ1n) is 10.9. The molecule has 0 spiro atoms. The van der Waals surface area contributed by atoms with Gasteiger partial charge in [0.05, 0.1) is 0 Å². The summed E-state index contributed by atoms with van der Waals surface area (Å²) in [6.45, 7) is 0. The zero-order chi connectivity index (χ0) is 37.9. The summed E-state index contributed by atoms with van der Waals surface area (Å²) >= 11 is 0. The maximum atomic E-state index is 12.3. The third kappa shape index (κ3) is 9.32. The second-order valence-electron chi connectivity index (χ2n) is 7.93. The molecular formula is C24B4F20Li. The topological polar surface area (TPSA) is 0 Å². The Hall–Kier alpha value is -3.66. The molecule has 25 heteroatoms. The summed E-state index contributed by atoms with van der Waals surface area (Å²) < 4.78 is 244. The summed E-state index contributed by atoms with van der Waals surface area (Å²) in [5.74, 6) is -41.2. The van der Waals surface area contributed by atoms with Gasteiger partial charge in [0, 0.05) is 18.9 Å². The average Bonchev–Trinajstić information content (AvgIpc) is 3.08. The Morgan fingerprint density at radius 3 is 0.306 bits per heavy atom. The summed E-state index contributed by atoms with van der Waals surface area (Å²) in [6.07, 6.45) is 0. The van der Waals surface area contributed by atoms with Gasteiger partial charge in [0.2, 0.25) is 0 Å². The molecule has 4 rings (SSSR count). The Bertz CT molecular complexity index is 1200. The molecule has 0 N–H and O–H groups in total. The van der Waals surface area contributed by atoms with Crippen LogP contribution >= 0.6 is 0 Å². The fourth-order valence-corrected chi connectivity index (χ4v) is 2.49. The minimum absolute atomic E-state index is 0. The summed E-state index contributed by atoms with van der Waals surface area (Å²) in [4.78, 5) is 0. The van der Waals surface area contributed by atoms with E-state index in [9.17, 15) is 87.8 Å². The van der Waals surface area contributed by atoms with E-state index in [1.807, 2.05) is 0 Å². The van der Waals surface area contributed by atoms with Crippen LogP contribution in [0.15, 0.2) is 0 Å². The Labute approximate surface area is 276 Å². The maximum Gasteiger partial charge on any atom is 0.200 e. The molecule has 0 amide bonds. The second kappa shape index (κ2) is 17.8. The van der Waals surface area contributed by atoms with E-state index in [-0.39, 0.29) is 18.9 Å². The molecule has 49 heavy (non-hydrogen) atoms. The van der Waals surface area contributed by atoms with Gasteiger partial charge in [0.1, 0.15) is 31.4 Å². The molecule has 0 aliphatic carbocycles. The van der Waals surface area contributed by atoms with Crippen LogP contribution in [-0.4, -0.2) is 50.2 Å². The summed E-state index contributed by atoms with van der Waals surface area (Å²) in [6, 6.07) is 0. The van der Waals surface area contributed by atoms with Crippen molar-refractivity contribution in [2.45, 2.75) is 0 Å². The SMILES string of the molecule is [B]c1c(F)c(F)c(F)c(F)c1F.[B]c1c(F)c(F)c(F)c(F)c1F.[B]c1c(F)c(F)c(F)c(F)c1F.[B]c1c(F)c(F)c(F)c(F)c1F.[Li]. The Morgan fingerprint density at radius 1 is 0.163 bits per heavy atom. The van der Waals surface area contributed by atoms with Crippen molar-refractivity contribution in [1.29, 1.82) is 0 Å². The van der Waals surface area contributed by atoms with Gasteiger partial charge in [-0.25, -0.2) is 87.8 Å². The van der Waals surface area contributed by atoms with E-state index in [2.05, 4.69) is 31.4 Å². The van der Waals surface area contributed by atoms with E-state index >= 15 is 0 Å². The van der Waals surface area contributed by atoms with Crippen LogP contribution in [0.1, 0.15) is 0 Å². The van der Waals surface area contributed by atoms with Crippen LogP contribution in [0, 0.1) is 116 Å². The minimum atomic E-state index is -2.21. The van der Waals surface area contributed by atoms with Crippen LogP contribution in [0.5, 0.6) is 0 Å². The van der Waals surface area contributed by atoms with Gasteiger partial charge in [-0.1, -0.05) is 0 Å². The first-order valence-corrected chi connectivity index (χ1v) is 10.9. The molecule has 0 fully saturated rings. The molecule has 249 valence electrons. The molecule has 0 aliphatic heterocycles. The van der Waals surface area contributed by atoms with Gasteiger partial charge in [-0.05, 0) is 21.9 Å². The predicted molar refractivity (Wildman–Crippen MR) is 132 cm³/mol. The fraction of sp³-hybridized carbons (Fsp3) is 0. The normalized spacial score (nSPS) is 10.2. The van der Waals surface area contributed by atoms with E-state index in [0.717, 1.165) is 0 Å². The standard InChI is InChI=1S/4C6BF5.Li/c4*7-1-2(8)4(10)6(12)5(11)3(1)9;. The molecule has 0 bridgehead atoms. The molecule has 0 nitrogen and oxygen atoms in total. The first kappa shape index (κ1) is 45.3. The molecule has 0 saturated carbocycles. The van der Waals surface area contributed by atoms with E-state index in [1.165, 1.54) is 0 Å². The maximum absolute atomic E-state index is 12.3. The van der Waals surface area contributed by atoms with Gasteiger partial charge in [0.15, 0.2) is 116 Å². The molecule has 0 saturated heterocycles. The van der Waals surface area contributed by atoms with Crippen LogP contribution in [0.25, 0.3) is 0 Å². The Balaban J connectivity index is 0.000000623. The van der Waals surface area contributed by atoms with E-state index < -0.39 is 138 Å². The van der Waals surface area contributed by atoms with Gasteiger partial charge < -0.3 is 0 Å². The van der Waals surface area contributed by atoms with Crippen molar-refractivity contribution in [2.75, 3.05) is 0 Å². The third-order valence-electron chi connectivity index (χ3n) is 4.98. The molecule has 0 atom stereocenters. The molecule has 4 aromatic carbocycles. The van der Waals surface area contributed by atoms with Gasteiger partial charge in [-0.15, -0.1) is 0 Å². The zero-order valence-electron chi connectivity index (χ0n) is 22.9. The number of benzene rings is 4. The summed E-state index contributed by atoms with van der Waals surface area (Å²) in [5, 5.41) is 0. The number of halogens is 20. The van der Waals surface area contributed by atoms with Crippen LogP contribution in [-0.2, 0) is 0 Å². The van der Waals surface area contributed by atoms with Gasteiger partial charge in [0.25, 0.3) is 0 Å². The van der Waals surface area contributed by atoms with Crippen molar-refractivity contribution in [3.05, 3.63) is 116 Å². The molecule has 4 aromatic rings. The number of rotatable bonds is 0. The first-order chi connectivity index (χ1) is 21.9. The molecule has 0 aliphatic rings. The molecule has 0 heterocycles. The van der Waals surface area contributed by atoms with Crippen molar-refractivity contribution < 1.29 is 87.8 Å². The average molecular weight is 718 g/mol. The predicted octanol–water partition coefficient (Wildman–Crippen LogP) is 4.32. The zero-order valence-corrected chi connectivity index (χ0v) is 22.9. The van der Waals surface area contributed by atoms with Crippen molar-refractivity contribution in [2.24, 2.45) is 0 Å². The Kier molecular flexibility index (Phi) is 16.5. The van der Waals surface area contributed by atoms with Crippen molar-refractivity contribution in [3.8, 4) is 0 Å². The van der Waals surface area contributed by atoms with E-state index in [4.69, 9.17) is 0 Å². The third-order valence-corrected chi connectivity index (χ3v) is 4.98. The fourth-order valence-electron chi connectivity index (χ4n) is 2.49. The monoisotopic (exact) mass is 719 g/mol.